The molecule has 2 aromatic heterocycles. The van der Waals surface area contributed by atoms with E-state index in [1.807, 2.05) is 6.07 Å². The number of hydrogen-bond donors (Lipinski definition) is 2. The van der Waals surface area contributed by atoms with Crippen molar-refractivity contribution in [1.29, 1.82) is 0 Å². The summed E-state index contributed by atoms with van der Waals surface area (Å²) in [7, 11) is 2.15. The van der Waals surface area contributed by atoms with Crippen LogP contribution in [0.3, 0.4) is 0 Å². The van der Waals surface area contributed by atoms with Gasteiger partial charge in [-0.05, 0) is 79.9 Å². The van der Waals surface area contributed by atoms with Crippen LogP contribution in [0.4, 0.5) is 9.52 Å². The zero-order valence-electron chi connectivity index (χ0n) is 22.3. The summed E-state index contributed by atoms with van der Waals surface area (Å²) in [4.78, 5) is 38.1. The number of halogens is 1. The van der Waals surface area contributed by atoms with Crippen LogP contribution in [-0.4, -0.2) is 50.6 Å². The van der Waals surface area contributed by atoms with E-state index >= 15 is 4.39 Å². The van der Waals surface area contributed by atoms with Crippen molar-refractivity contribution in [3.05, 3.63) is 106 Å². The number of rotatable bonds is 6. The van der Waals surface area contributed by atoms with Crippen LogP contribution in [0.5, 0.6) is 5.75 Å². The minimum absolute atomic E-state index is 0.271. The Morgan fingerprint density at radius 2 is 1.83 bits per heavy atom. The van der Waals surface area contributed by atoms with E-state index in [0.29, 0.717) is 11.4 Å². The fraction of sp³-hybridized carbons (Fsp3) is 0.226. The first-order valence-corrected chi connectivity index (χ1v) is 14.2. The third-order valence-electron chi connectivity index (χ3n) is 7.71. The average Bonchev–Trinajstić information content (AvgIpc) is 3.49. The molecule has 1 aliphatic rings. The minimum atomic E-state index is -1.53. The van der Waals surface area contributed by atoms with Crippen molar-refractivity contribution in [3.63, 3.8) is 0 Å². The Hall–Kier alpha value is -4.41. The Kier molecular flexibility index (Phi) is 7.34. The Labute approximate surface area is 239 Å². The number of likely N-dealkylation sites (tertiary alicyclic amines) is 1. The molecular weight excluding hydrogens is 541 g/mol. The topological polar surface area (TPSA) is 100 Å². The standard InChI is InChI=1S/C31H28FN5O3S/c1-36-14-11-21(12-15-36)19-5-7-20(8-6-19)22-9-10-25-23(17-22)30(40)37(18-34-25)28(27-24(32)3-2-4-26(27)38)29(39)35-31-33-13-16-41-31/h2-10,13,16-18,21,28,38H,11-12,14-15H2,1H3,(H,33,35,39). The highest BCUT2D eigenvalue weighted by Gasteiger charge is 2.31. The number of nitrogens with one attached hydrogen (secondary N) is 1. The lowest BCUT2D eigenvalue weighted by Gasteiger charge is -2.29. The van der Waals surface area contributed by atoms with Gasteiger partial charge in [0.2, 0.25) is 0 Å². The van der Waals surface area contributed by atoms with Crippen molar-refractivity contribution in [1.82, 2.24) is 19.4 Å². The van der Waals surface area contributed by atoms with E-state index in [1.54, 1.807) is 17.5 Å². The van der Waals surface area contributed by atoms with Gasteiger partial charge < -0.3 is 10.0 Å². The number of amides is 1. The highest BCUT2D eigenvalue weighted by atomic mass is 32.1. The normalized spacial score (nSPS) is 15.2. The molecule has 1 saturated heterocycles. The molecule has 1 amide bonds. The van der Waals surface area contributed by atoms with E-state index in [-0.39, 0.29) is 16.1 Å². The number of anilines is 1. The molecule has 3 aromatic carbocycles. The number of aromatic hydroxyl groups is 1. The van der Waals surface area contributed by atoms with Gasteiger partial charge >= 0.3 is 0 Å². The molecule has 0 radical (unpaired) electrons. The van der Waals surface area contributed by atoms with Crippen molar-refractivity contribution in [2.24, 2.45) is 0 Å². The molecular formula is C31H28FN5O3S. The smallest absolute Gasteiger partial charge is 0.262 e. The van der Waals surface area contributed by atoms with E-state index in [0.717, 1.165) is 47.7 Å². The molecule has 2 N–H and O–H groups in total. The second-order valence-electron chi connectivity index (χ2n) is 10.3. The number of hydrogen-bond acceptors (Lipinski definition) is 7. The molecule has 208 valence electrons. The number of thiazole rings is 1. The van der Waals surface area contributed by atoms with Crippen molar-refractivity contribution in [2.75, 3.05) is 25.5 Å². The second kappa shape index (κ2) is 11.2. The Balaban J connectivity index is 1.39. The molecule has 10 heteroatoms. The number of fused-ring (bicyclic) bond motifs is 1. The summed E-state index contributed by atoms with van der Waals surface area (Å²) in [6, 6.07) is 16.0. The largest absolute Gasteiger partial charge is 0.507 e. The van der Waals surface area contributed by atoms with E-state index in [9.17, 15) is 14.7 Å². The van der Waals surface area contributed by atoms with Crippen LogP contribution >= 0.6 is 11.3 Å². The number of nitrogens with zero attached hydrogens (tertiary/aromatic N) is 4. The van der Waals surface area contributed by atoms with Crippen LogP contribution in [0, 0.1) is 5.82 Å². The van der Waals surface area contributed by atoms with E-state index in [4.69, 9.17) is 0 Å². The first-order chi connectivity index (χ1) is 19.9. The van der Waals surface area contributed by atoms with Gasteiger partial charge in [-0.15, -0.1) is 11.3 Å². The van der Waals surface area contributed by atoms with Crippen molar-refractivity contribution < 1.29 is 14.3 Å². The van der Waals surface area contributed by atoms with Crippen LogP contribution in [0.2, 0.25) is 0 Å². The lowest BCUT2D eigenvalue weighted by atomic mass is 9.88. The Morgan fingerprint density at radius 1 is 1.07 bits per heavy atom. The van der Waals surface area contributed by atoms with Gasteiger partial charge in [0, 0.05) is 11.6 Å². The quantitative estimate of drug-likeness (QED) is 0.284. The number of carbonyl (C=O) groups excluding carboxylic acids is 1. The van der Waals surface area contributed by atoms with Gasteiger partial charge in [-0.1, -0.05) is 36.4 Å². The maximum atomic E-state index is 15.1. The van der Waals surface area contributed by atoms with Crippen molar-refractivity contribution in [2.45, 2.75) is 24.8 Å². The predicted molar refractivity (Wildman–Crippen MR) is 158 cm³/mol. The van der Waals surface area contributed by atoms with E-state index < -0.39 is 29.1 Å². The van der Waals surface area contributed by atoms with Gasteiger partial charge in [-0.3, -0.25) is 19.5 Å². The Morgan fingerprint density at radius 3 is 2.54 bits per heavy atom. The average molecular weight is 570 g/mol. The molecule has 1 fully saturated rings. The van der Waals surface area contributed by atoms with Crippen LogP contribution in [-0.2, 0) is 4.79 Å². The Bertz CT molecular complexity index is 1740. The maximum Gasteiger partial charge on any atom is 0.262 e. The summed E-state index contributed by atoms with van der Waals surface area (Å²) < 4.78 is 16.1. The van der Waals surface area contributed by atoms with Crippen LogP contribution < -0.4 is 10.9 Å². The molecule has 1 unspecified atom stereocenters. The van der Waals surface area contributed by atoms with Gasteiger partial charge in [0.05, 0.1) is 22.8 Å². The number of phenolic OH excluding ortho intramolecular Hbond substituents is 1. The monoisotopic (exact) mass is 569 g/mol. The van der Waals surface area contributed by atoms with Crippen molar-refractivity contribution >= 4 is 33.3 Å². The zero-order chi connectivity index (χ0) is 28.5. The maximum absolute atomic E-state index is 15.1. The number of phenols is 1. The molecule has 0 bridgehead atoms. The summed E-state index contributed by atoms with van der Waals surface area (Å²) in [6.45, 7) is 2.17. The summed E-state index contributed by atoms with van der Waals surface area (Å²) in [5.41, 5.74) is 2.65. The third kappa shape index (κ3) is 5.36. The second-order valence-corrected chi connectivity index (χ2v) is 11.2. The highest BCUT2D eigenvalue weighted by Crippen LogP contribution is 2.32. The molecule has 1 aliphatic heterocycles. The fourth-order valence-corrected chi connectivity index (χ4v) is 5.97. The molecule has 0 saturated carbocycles. The number of aromatic nitrogens is 3. The fourth-order valence-electron chi connectivity index (χ4n) is 5.44. The van der Waals surface area contributed by atoms with Crippen molar-refractivity contribution in [3.8, 4) is 16.9 Å². The zero-order valence-corrected chi connectivity index (χ0v) is 23.1. The summed E-state index contributed by atoms with van der Waals surface area (Å²) in [5, 5.41) is 15.4. The summed E-state index contributed by atoms with van der Waals surface area (Å²) in [5.74, 6) is -1.47. The van der Waals surface area contributed by atoms with Gasteiger partial charge in [-0.2, -0.15) is 0 Å². The predicted octanol–water partition coefficient (Wildman–Crippen LogP) is 5.40. The van der Waals surface area contributed by atoms with Crippen LogP contribution in [0.1, 0.15) is 35.9 Å². The van der Waals surface area contributed by atoms with Crippen LogP contribution in [0.15, 0.2) is 83.4 Å². The first-order valence-electron chi connectivity index (χ1n) is 13.4. The molecule has 0 spiro atoms. The first kappa shape index (κ1) is 26.8. The number of benzene rings is 3. The SMILES string of the molecule is CN1CCC(c2ccc(-c3ccc4ncn(C(C(=O)Nc5nccs5)c5c(O)cccc5F)c(=O)c4c3)cc2)CC1. The van der Waals surface area contributed by atoms with Gasteiger partial charge in [0.25, 0.3) is 11.5 Å². The van der Waals surface area contributed by atoms with Gasteiger partial charge in [-0.25, -0.2) is 14.4 Å². The summed E-state index contributed by atoms with van der Waals surface area (Å²) in [6.07, 6.45) is 4.98. The minimum Gasteiger partial charge on any atom is -0.507 e. The molecule has 41 heavy (non-hydrogen) atoms. The van der Waals surface area contributed by atoms with Gasteiger partial charge in [0.1, 0.15) is 17.6 Å². The lowest BCUT2D eigenvalue weighted by Crippen LogP contribution is -2.35. The molecule has 8 nitrogen and oxygen atoms in total. The summed E-state index contributed by atoms with van der Waals surface area (Å²) >= 11 is 1.18. The highest BCUT2D eigenvalue weighted by molar-refractivity contribution is 7.13. The number of piperidine rings is 1. The van der Waals surface area contributed by atoms with E-state index in [2.05, 4.69) is 51.5 Å². The third-order valence-corrected chi connectivity index (χ3v) is 8.40. The molecule has 0 aliphatic carbocycles. The molecule has 3 heterocycles. The van der Waals surface area contributed by atoms with E-state index in [1.165, 1.54) is 41.6 Å². The van der Waals surface area contributed by atoms with Crippen LogP contribution in [0.25, 0.3) is 22.0 Å². The molecule has 6 rings (SSSR count). The molecule has 5 aromatic rings. The van der Waals surface area contributed by atoms with Gasteiger partial charge in [0.15, 0.2) is 5.13 Å². The number of carbonyl (C=O) groups is 1. The molecule has 1 atom stereocenters. The lowest BCUT2D eigenvalue weighted by molar-refractivity contribution is -0.118.